The number of carbonyl (C=O) groups is 1. The molecule has 0 N–H and O–H groups in total. The van der Waals surface area contributed by atoms with Crippen LogP contribution in [0.4, 0.5) is 0 Å². The van der Waals surface area contributed by atoms with Gasteiger partial charge in [-0.3, -0.25) is 9.36 Å². The standard InChI is InChI=1S/C29H25BrClN3O3S/c1-5-37-28(36)25-17(3)32-29-34(26(25)19-6-10-22(31)11-7-19)27(35)24(38-29)15-20-14-16(2)33(18(20)4)23-12-8-21(30)9-13-23/h6-15,26H,5H2,1-4H3/b24-15+/t26-/m1/s1. The second-order valence-electron chi connectivity index (χ2n) is 8.99. The number of nitrogens with zero attached hydrogens (tertiary/aromatic N) is 3. The van der Waals surface area contributed by atoms with Crippen LogP contribution in [0.25, 0.3) is 11.8 Å². The quantitative estimate of drug-likeness (QED) is 0.276. The predicted molar refractivity (Wildman–Crippen MR) is 155 cm³/mol. The van der Waals surface area contributed by atoms with Crippen LogP contribution in [-0.4, -0.2) is 21.7 Å². The van der Waals surface area contributed by atoms with Gasteiger partial charge < -0.3 is 9.30 Å². The molecule has 2 aromatic heterocycles. The number of thiazole rings is 1. The van der Waals surface area contributed by atoms with Crippen molar-refractivity contribution < 1.29 is 9.53 Å². The maximum Gasteiger partial charge on any atom is 0.338 e. The number of rotatable bonds is 5. The van der Waals surface area contributed by atoms with Crippen molar-refractivity contribution in [2.75, 3.05) is 6.61 Å². The van der Waals surface area contributed by atoms with Gasteiger partial charge >= 0.3 is 5.97 Å². The van der Waals surface area contributed by atoms with Crippen molar-refractivity contribution in [3.05, 3.63) is 118 Å². The lowest BCUT2D eigenvalue weighted by molar-refractivity contribution is -0.139. The van der Waals surface area contributed by atoms with Crippen LogP contribution in [0.2, 0.25) is 5.02 Å². The maximum absolute atomic E-state index is 13.9. The molecule has 1 atom stereocenters. The van der Waals surface area contributed by atoms with Crippen molar-refractivity contribution >= 4 is 50.9 Å². The van der Waals surface area contributed by atoms with Gasteiger partial charge in [-0.2, -0.15) is 0 Å². The first-order chi connectivity index (χ1) is 18.2. The lowest BCUT2D eigenvalue weighted by Gasteiger charge is -2.24. The fourth-order valence-electron chi connectivity index (χ4n) is 4.81. The molecule has 5 rings (SSSR count). The second-order valence-corrected chi connectivity index (χ2v) is 11.4. The number of allylic oxidation sites excluding steroid dienone is 1. The molecule has 1 aliphatic heterocycles. The van der Waals surface area contributed by atoms with Crippen molar-refractivity contribution in [2.24, 2.45) is 4.99 Å². The zero-order chi connectivity index (χ0) is 27.1. The van der Waals surface area contributed by atoms with Crippen LogP contribution in [0.5, 0.6) is 0 Å². The van der Waals surface area contributed by atoms with Crippen LogP contribution in [0, 0.1) is 13.8 Å². The molecule has 0 radical (unpaired) electrons. The lowest BCUT2D eigenvalue weighted by Crippen LogP contribution is -2.39. The Kier molecular flexibility index (Phi) is 7.31. The van der Waals surface area contributed by atoms with Gasteiger partial charge in [0.25, 0.3) is 5.56 Å². The SMILES string of the molecule is CCOC(=O)C1=C(C)N=c2s/c(=C/c3cc(C)n(-c4ccc(Br)cc4)c3C)c(=O)n2[C@@H]1c1ccc(Cl)cc1. The topological polar surface area (TPSA) is 65.6 Å². The predicted octanol–water partition coefficient (Wildman–Crippen LogP) is 5.62. The van der Waals surface area contributed by atoms with Crippen molar-refractivity contribution in [2.45, 2.75) is 33.7 Å². The van der Waals surface area contributed by atoms with Gasteiger partial charge in [-0.15, -0.1) is 0 Å². The zero-order valence-corrected chi connectivity index (χ0v) is 24.4. The van der Waals surface area contributed by atoms with E-state index in [2.05, 4.69) is 31.6 Å². The van der Waals surface area contributed by atoms with Gasteiger partial charge in [-0.1, -0.05) is 51.0 Å². The molecule has 0 unspecified atom stereocenters. The van der Waals surface area contributed by atoms with Crippen molar-refractivity contribution in [3.8, 4) is 5.69 Å². The third-order valence-electron chi connectivity index (χ3n) is 6.54. The van der Waals surface area contributed by atoms with Crippen LogP contribution >= 0.6 is 38.9 Å². The van der Waals surface area contributed by atoms with E-state index in [9.17, 15) is 9.59 Å². The summed E-state index contributed by atoms with van der Waals surface area (Å²) in [4.78, 5) is 32.1. The van der Waals surface area contributed by atoms with Gasteiger partial charge in [0.15, 0.2) is 4.80 Å². The first-order valence-corrected chi connectivity index (χ1v) is 14.1. The summed E-state index contributed by atoms with van der Waals surface area (Å²) in [5, 5.41) is 0.570. The van der Waals surface area contributed by atoms with Gasteiger partial charge in [0.2, 0.25) is 0 Å². The molecule has 0 amide bonds. The number of hydrogen-bond donors (Lipinski definition) is 0. The third kappa shape index (κ3) is 4.72. The molecule has 1 aliphatic rings. The van der Waals surface area contributed by atoms with E-state index in [0.29, 0.717) is 25.6 Å². The molecule has 0 saturated carbocycles. The molecule has 0 bridgehead atoms. The molecule has 194 valence electrons. The highest BCUT2D eigenvalue weighted by molar-refractivity contribution is 9.10. The smallest absolute Gasteiger partial charge is 0.338 e. The summed E-state index contributed by atoms with van der Waals surface area (Å²) in [5.74, 6) is -0.485. The van der Waals surface area contributed by atoms with E-state index in [0.717, 1.165) is 32.7 Å². The largest absolute Gasteiger partial charge is 0.463 e. The Bertz CT molecular complexity index is 1760. The van der Waals surface area contributed by atoms with E-state index in [1.807, 2.05) is 56.3 Å². The van der Waals surface area contributed by atoms with Crippen LogP contribution < -0.4 is 14.9 Å². The minimum atomic E-state index is -0.667. The van der Waals surface area contributed by atoms with Crippen molar-refractivity contribution in [3.63, 3.8) is 0 Å². The van der Waals surface area contributed by atoms with Gasteiger partial charge in [-0.05, 0) is 87.4 Å². The molecule has 38 heavy (non-hydrogen) atoms. The molecular formula is C29H25BrClN3O3S. The number of benzene rings is 2. The number of halogens is 2. The summed E-state index contributed by atoms with van der Waals surface area (Å²) < 4.78 is 10.7. The first kappa shape index (κ1) is 26.4. The number of fused-ring (bicyclic) bond motifs is 1. The average Bonchev–Trinajstić information content (AvgIpc) is 3.34. The molecule has 0 aliphatic carbocycles. The number of ether oxygens (including phenoxy) is 1. The monoisotopic (exact) mass is 609 g/mol. The molecule has 3 heterocycles. The highest BCUT2D eigenvalue weighted by atomic mass is 79.9. The van der Waals surface area contributed by atoms with Gasteiger partial charge in [0.1, 0.15) is 0 Å². The second kappa shape index (κ2) is 10.5. The average molecular weight is 611 g/mol. The number of hydrogen-bond acceptors (Lipinski definition) is 5. The summed E-state index contributed by atoms with van der Waals surface area (Å²) in [6.07, 6.45) is 1.91. The van der Waals surface area contributed by atoms with Crippen molar-refractivity contribution in [1.29, 1.82) is 0 Å². The Morgan fingerprint density at radius 1 is 1.13 bits per heavy atom. The lowest BCUT2D eigenvalue weighted by atomic mass is 9.96. The normalized spacial score (nSPS) is 15.4. The summed E-state index contributed by atoms with van der Waals surface area (Å²) in [7, 11) is 0. The minimum absolute atomic E-state index is 0.212. The van der Waals surface area contributed by atoms with E-state index in [1.165, 1.54) is 11.3 Å². The fraction of sp³-hybridized carbons (Fsp3) is 0.207. The fourth-order valence-corrected chi connectivity index (χ4v) is 6.24. The van der Waals surface area contributed by atoms with E-state index in [1.54, 1.807) is 30.5 Å². The number of aryl methyl sites for hydroxylation is 1. The molecular weight excluding hydrogens is 586 g/mol. The van der Waals surface area contributed by atoms with E-state index < -0.39 is 12.0 Å². The van der Waals surface area contributed by atoms with E-state index in [-0.39, 0.29) is 12.2 Å². The Morgan fingerprint density at radius 2 is 1.82 bits per heavy atom. The number of carbonyl (C=O) groups excluding carboxylic acids is 1. The van der Waals surface area contributed by atoms with Crippen molar-refractivity contribution in [1.82, 2.24) is 9.13 Å². The Hall–Kier alpha value is -3.20. The molecule has 0 saturated heterocycles. The van der Waals surface area contributed by atoms with Crippen LogP contribution in [0.15, 0.2) is 80.1 Å². The maximum atomic E-state index is 13.9. The molecule has 6 nitrogen and oxygen atoms in total. The number of esters is 1. The molecule has 4 aromatic rings. The molecule has 9 heteroatoms. The summed E-state index contributed by atoms with van der Waals surface area (Å²) in [5.41, 5.74) is 5.49. The Labute approximate surface area is 237 Å². The zero-order valence-electron chi connectivity index (χ0n) is 21.3. The van der Waals surface area contributed by atoms with Gasteiger partial charge in [-0.25, -0.2) is 9.79 Å². The van der Waals surface area contributed by atoms with Gasteiger partial charge in [0, 0.05) is 26.6 Å². The van der Waals surface area contributed by atoms with Crippen LogP contribution in [0.1, 0.15) is 42.4 Å². The molecule has 0 fully saturated rings. The van der Waals surface area contributed by atoms with E-state index >= 15 is 0 Å². The Balaban J connectivity index is 1.68. The third-order valence-corrected chi connectivity index (χ3v) is 8.31. The summed E-state index contributed by atoms with van der Waals surface area (Å²) >= 11 is 10.9. The Morgan fingerprint density at radius 3 is 2.47 bits per heavy atom. The summed E-state index contributed by atoms with van der Waals surface area (Å²) in [6, 6.07) is 16.7. The highest BCUT2D eigenvalue weighted by Gasteiger charge is 2.33. The number of aromatic nitrogens is 2. The molecule has 0 spiro atoms. The first-order valence-electron chi connectivity index (χ1n) is 12.1. The van der Waals surface area contributed by atoms with Crippen LogP contribution in [0.3, 0.4) is 0 Å². The minimum Gasteiger partial charge on any atom is -0.463 e. The van der Waals surface area contributed by atoms with Crippen LogP contribution in [-0.2, 0) is 9.53 Å². The van der Waals surface area contributed by atoms with Gasteiger partial charge in [0.05, 0.1) is 28.5 Å². The highest BCUT2D eigenvalue weighted by Crippen LogP contribution is 2.31. The summed E-state index contributed by atoms with van der Waals surface area (Å²) in [6.45, 7) is 7.84. The van der Waals surface area contributed by atoms with E-state index in [4.69, 9.17) is 16.3 Å². The molecule has 2 aromatic carbocycles.